The van der Waals surface area contributed by atoms with E-state index in [-0.39, 0.29) is 12.1 Å². The van der Waals surface area contributed by atoms with Crippen molar-refractivity contribution in [2.75, 3.05) is 19.8 Å². The van der Waals surface area contributed by atoms with E-state index in [1.165, 1.54) is 32.1 Å². The minimum Gasteiger partial charge on any atom is -0.382 e. The van der Waals surface area contributed by atoms with Gasteiger partial charge in [-0.25, -0.2) is 4.79 Å². The van der Waals surface area contributed by atoms with Crippen LogP contribution in [0.15, 0.2) is 0 Å². The summed E-state index contributed by atoms with van der Waals surface area (Å²) in [4.78, 5) is 14.8. The number of thiocarbonyl (C=S) groups is 1. The van der Waals surface area contributed by atoms with Crippen molar-refractivity contribution < 1.29 is 9.53 Å². The molecule has 2 bridgehead atoms. The molecule has 1 unspecified atom stereocenters. The zero-order valence-corrected chi connectivity index (χ0v) is 17.5. The fraction of sp³-hybridized carbons (Fsp3) is 0.900. The molecule has 2 saturated heterocycles. The van der Waals surface area contributed by atoms with Crippen LogP contribution in [-0.4, -0.2) is 60.0 Å². The van der Waals surface area contributed by atoms with Crippen molar-refractivity contribution in [1.82, 2.24) is 20.9 Å². The molecule has 0 radical (unpaired) electrons. The molecule has 3 rings (SSSR count). The molecule has 1 aliphatic carbocycles. The van der Waals surface area contributed by atoms with Crippen LogP contribution in [0.4, 0.5) is 4.79 Å². The second-order valence-electron chi connectivity index (χ2n) is 8.20. The first-order valence-corrected chi connectivity index (χ1v) is 11.3. The summed E-state index contributed by atoms with van der Waals surface area (Å²) in [7, 11) is 0. The summed E-state index contributed by atoms with van der Waals surface area (Å²) in [5.41, 5.74) is 0. The molecule has 3 N–H and O–H groups in total. The molecule has 0 aromatic rings. The van der Waals surface area contributed by atoms with Gasteiger partial charge in [0.05, 0.1) is 0 Å². The number of nitrogens with zero attached hydrogens (tertiary/aromatic N) is 1. The van der Waals surface area contributed by atoms with Crippen molar-refractivity contribution >= 4 is 23.4 Å². The highest BCUT2D eigenvalue weighted by molar-refractivity contribution is 7.80. The van der Waals surface area contributed by atoms with Gasteiger partial charge in [0.2, 0.25) is 0 Å². The standard InChI is InChI=1S/C20H36N4O2S/c1-2-26-12-6-11-21-20(27)24-17-9-10-18(24)14-16(13-17)23-19(25)22-15-7-4-3-5-8-15/h15-18H,2-14H2,1H3,(H,21,27)(H2,22,23,25)/t16?,17-,18+. The predicted molar refractivity (Wildman–Crippen MR) is 112 cm³/mol. The van der Waals surface area contributed by atoms with Gasteiger partial charge >= 0.3 is 6.03 Å². The summed E-state index contributed by atoms with van der Waals surface area (Å²) in [6, 6.07) is 1.56. The minimum atomic E-state index is 0.0244. The van der Waals surface area contributed by atoms with Gasteiger partial charge in [0.25, 0.3) is 0 Å². The highest BCUT2D eigenvalue weighted by atomic mass is 32.1. The zero-order chi connectivity index (χ0) is 19.1. The summed E-state index contributed by atoms with van der Waals surface area (Å²) in [5, 5.41) is 10.7. The van der Waals surface area contributed by atoms with E-state index in [1.807, 2.05) is 6.92 Å². The number of urea groups is 1. The van der Waals surface area contributed by atoms with Crippen molar-refractivity contribution in [3.63, 3.8) is 0 Å². The molecule has 154 valence electrons. The molecule has 1 saturated carbocycles. The van der Waals surface area contributed by atoms with Crippen LogP contribution in [0.2, 0.25) is 0 Å². The summed E-state index contributed by atoms with van der Waals surface area (Å²) >= 11 is 5.66. The Morgan fingerprint density at radius 3 is 2.37 bits per heavy atom. The Labute approximate surface area is 169 Å². The third-order valence-corrected chi connectivity index (χ3v) is 6.54. The lowest BCUT2D eigenvalue weighted by atomic mass is 9.95. The molecule has 2 heterocycles. The molecule has 0 spiro atoms. The predicted octanol–water partition coefficient (Wildman–Crippen LogP) is 2.91. The monoisotopic (exact) mass is 396 g/mol. The van der Waals surface area contributed by atoms with E-state index in [9.17, 15) is 4.79 Å². The van der Waals surface area contributed by atoms with Gasteiger partial charge in [0.15, 0.2) is 5.11 Å². The number of nitrogens with one attached hydrogen (secondary N) is 3. The fourth-order valence-corrected chi connectivity index (χ4v) is 5.29. The van der Waals surface area contributed by atoms with E-state index in [0.29, 0.717) is 18.1 Å². The lowest BCUT2D eigenvalue weighted by Gasteiger charge is -2.41. The third kappa shape index (κ3) is 5.95. The number of amides is 2. The topological polar surface area (TPSA) is 65.6 Å². The van der Waals surface area contributed by atoms with Crippen LogP contribution in [0, 0.1) is 0 Å². The number of rotatable bonds is 7. The lowest BCUT2D eigenvalue weighted by Crippen LogP contribution is -2.56. The third-order valence-electron chi connectivity index (χ3n) is 6.19. The van der Waals surface area contributed by atoms with Crippen LogP contribution in [0.3, 0.4) is 0 Å². The molecule has 0 aromatic carbocycles. The first-order chi connectivity index (χ1) is 13.2. The smallest absolute Gasteiger partial charge is 0.315 e. The maximum Gasteiger partial charge on any atom is 0.315 e. The average molecular weight is 397 g/mol. The van der Waals surface area contributed by atoms with Crippen LogP contribution in [0.5, 0.6) is 0 Å². The molecule has 2 aliphatic heterocycles. The van der Waals surface area contributed by atoms with Gasteiger partial charge in [-0.1, -0.05) is 19.3 Å². The Balaban J connectivity index is 1.40. The van der Waals surface area contributed by atoms with E-state index in [1.54, 1.807) is 0 Å². The van der Waals surface area contributed by atoms with Crippen molar-refractivity contribution in [1.29, 1.82) is 0 Å². The second-order valence-corrected chi connectivity index (χ2v) is 8.58. The summed E-state index contributed by atoms with van der Waals surface area (Å²) in [6.07, 6.45) is 11.3. The number of hydrogen-bond donors (Lipinski definition) is 3. The van der Waals surface area contributed by atoms with Crippen LogP contribution in [0.1, 0.15) is 71.1 Å². The van der Waals surface area contributed by atoms with Crippen LogP contribution in [0.25, 0.3) is 0 Å². The van der Waals surface area contributed by atoms with Gasteiger partial charge < -0.3 is 25.6 Å². The SMILES string of the molecule is CCOCCCNC(=S)N1[C@@H]2CC[C@H]1CC(NC(=O)NC1CCCCC1)C2. The quantitative estimate of drug-likeness (QED) is 0.456. The largest absolute Gasteiger partial charge is 0.382 e. The van der Waals surface area contributed by atoms with E-state index >= 15 is 0 Å². The number of fused-ring (bicyclic) bond motifs is 2. The molecule has 3 fully saturated rings. The molecular formula is C20H36N4O2S. The first kappa shape index (κ1) is 20.6. The number of carbonyl (C=O) groups is 1. The van der Waals surface area contributed by atoms with Gasteiger partial charge in [-0.15, -0.1) is 0 Å². The summed E-state index contributed by atoms with van der Waals surface area (Å²) in [6.45, 7) is 4.42. The fourth-order valence-electron chi connectivity index (χ4n) is 4.89. The molecule has 2 amide bonds. The van der Waals surface area contributed by atoms with Crippen molar-refractivity contribution in [3.05, 3.63) is 0 Å². The van der Waals surface area contributed by atoms with Gasteiger partial charge in [0.1, 0.15) is 0 Å². The summed E-state index contributed by atoms with van der Waals surface area (Å²) in [5.74, 6) is 0. The number of carbonyl (C=O) groups excluding carboxylic acids is 1. The van der Waals surface area contributed by atoms with Crippen molar-refractivity contribution in [3.8, 4) is 0 Å². The Morgan fingerprint density at radius 1 is 1.04 bits per heavy atom. The second kappa shape index (κ2) is 10.5. The Morgan fingerprint density at radius 2 is 1.70 bits per heavy atom. The molecule has 0 aromatic heterocycles. The maximum absolute atomic E-state index is 12.4. The van der Waals surface area contributed by atoms with Gasteiger partial charge in [-0.3, -0.25) is 0 Å². The average Bonchev–Trinajstić information content (AvgIpc) is 2.93. The Kier molecular flexibility index (Phi) is 8.00. The molecule has 7 heteroatoms. The maximum atomic E-state index is 12.4. The normalized spacial score (nSPS) is 28.0. The van der Waals surface area contributed by atoms with Gasteiger partial charge in [0, 0.05) is 43.9 Å². The highest BCUT2D eigenvalue weighted by Crippen LogP contribution is 2.35. The van der Waals surface area contributed by atoms with Crippen molar-refractivity contribution in [2.24, 2.45) is 0 Å². The van der Waals surface area contributed by atoms with Gasteiger partial charge in [-0.2, -0.15) is 0 Å². The molecule has 6 nitrogen and oxygen atoms in total. The van der Waals surface area contributed by atoms with Crippen LogP contribution >= 0.6 is 12.2 Å². The molecule has 3 aliphatic rings. The van der Waals surface area contributed by atoms with E-state index in [4.69, 9.17) is 17.0 Å². The van der Waals surface area contributed by atoms with E-state index in [0.717, 1.165) is 57.0 Å². The highest BCUT2D eigenvalue weighted by Gasteiger charge is 2.42. The number of piperidine rings is 1. The number of hydrogen-bond acceptors (Lipinski definition) is 3. The van der Waals surface area contributed by atoms with E-state index in [2.05, 4.69) is 20.9 Å². The van der Waals surface area contributed by atoms with E-state index < -0.39 is 0 Å². The molecule has 3 atom stereocenters. The Hall–Kier alpha value is -1.08. The lowest BCUT2D eigenvalue weighted by molar-refractivity contribution is 0.145. The van der Waals surface area contributed by atoms with Crippen LogP contribution in [-0.2, 0) is 4.74 Å². The minimum absolute atomic E-state index is 0.0244. The van der Waals surface area contributed by atoms with Gasteiger partial charge in [-0.05, 0) is 64.1 Å². The summed E-state index contributed by atoms with van der Waals surface area (Å²) < 4.78 is 5.38. The van der Waals surface area contributed by atoms with Crippen LogP contribution < -0.4 is 16.0 Å². The van der Waals surface area contributed by atoms with Crippen molar-refractivity contribution in [2.45, 2.75) is 95.3 Å². The first-order valence-electron chi connectivity index (χ1n) is 10.9. The number of ether oxygens (including phenoxy) is 1. The zero-order valence-electron chi connectivity index (χ0n) is 16.7. The molecular weight excluding hydrogens is 360 g/mol. The Bertz CT molecular complexity index is 484. The molecule has 27 heavy (non-hydrogen) atoms.